The van der Waals surface area contributed by atoms with Crippen molar-refractivity contribution < 1.29 is 13.9 Å². The number of carbonyl (C=O) groups is 1. The van der Waals surface area contributed by atoms with Crippen LogP contribution in [0.1, 0.15) is 10.4 Å². The highest BCUT2D eigenvalue weighted by molar-refractivity contribution is 5.89. The van der Waals surface area contributed by atoms with Gasteiger partial charge >= 0.3 is 5.97 Å². The van der Waals surface area contributed by atoms with E-state index in [-0.39, 0.29) is 5.82 Å². The van der Waals surface area contributed by atoms with Crippen molar-refractivity contribution in [3.05, 3.63) is 54.0 Å². The van der Waals surface area contributed by atoms with Crippen molar-refractivity contribution >= 4 is 5.97 Å². The lowest BCUT2D eigenvalue weighted by Gasteiger charge is -2.03. The van der Waals surface area contributed by atoms with Crippen molar-refractivity contribution in [1.29, 1.82) is 0 Å². The summed E-state index contributed by atoms with van der Waals surface area (Å²) in [5.74, 6) is -0.802. The Bertz CT molecular complexity index is 537. The van der Waals surface area contributed by atoms with Gasteiger partial charge in [-0.15, -0.1) is 0 Å². The maximum absolute atomic E-state index is 13.5. The van der Waals surface area contributed by atoms with Gasteiger partial charge in [0.15, 0.2) is 0 Å². The standard InChI is InChI=1S/C13H10FNO2/c1-17-13(16)9-6-7-12(15-8-9)10-4-2-3-5-11(10)14/h2-8H,1H3. The third-order valence-corrected chi connectivity index (χ3v) is 2.33. The number of pyridine rings is 1. The summed E-state index contributed by atoms with van der Waals surface area (Å²) in [6, 6.07) is 9.49. The number of nitrogens with zero attached hydrogens (tertiary/aromatic N) is 1. The smallest absolute Gasteiger partial charge is 0.339 e. The molecule has 0 radical (unpaired) electrons. The SMILES string of the molecule is COC(=O)c1ccc(-c2ccccc2F)nc1. The molecule has 0 N–H and O–H groups in total. The number of methoxy groups -OCH3 is 1. The van der Waals surface area contributed by atoms with Crippen LogP contribution in [0.3, 0.4) is 0 Å². The van der Waals surface area contributed by atoms with Crippen LogP contribution in [0.15, 0.2) is 42.6 Å². The molecule has 0 aliphatic rings. The van der Waals surface area contributed by atoms with Crippen LogP contribution < -0.4 is 0 Å². The maximum Gasteiger partial charge on any atom is 0.339 e. The van der Waals surface area contributed by atoms with Crippen LogP contribution in [-0.2, 0) is 4.74 Å². The summed E-state index contributed by atoms with van der Waals surface area (Å²) in [5.41, 5.74) is 1.23. The minimum atomic E-state index is -0.461. The first kappa shape index (κ1) is 11.3. The average Bonchev–Trinajstić information content (AvgIpc) is 2.39. The fourth-order valence-corrected chi connectivity index (χ4v) is 1.46. The number of aromatic nitrogens is 1. The number of hydrogen-bond donors (Lipinski definition) is 0. The molecule has 86 valence electrons. The van der Waals surface area contributed by atoms with E-state index >= 15 is 0 Å². The topological polar surface area (TPSA) is 39.2 Å². The predicted octanol–water partition coefficient (Wildman–Crippen LogP) is 2.67. The second-order valence-electron chi connectivity index (χ2n) is 3.40. The van der Waals surface area contributed by atoms with Gasteiger partial charge < -0.3 is 4.74 Å². The second kappa shape index (κ2) is 4.74. The molecular formula is C13H10FNO2. The van der Waals surface area contributed by atoms with Crippen LogP contribution in [0.2, 0.25) is 0 Å². The van der Waals surface area contributed by atoms with Crippen molar-refractivity contribution in [1.82, 2.24) is 4.98 Å². The third-order valence-electron chi connectivity index (χ3n) is 2.33. The summed E-state index contributed by atoms with van der Waals surface area (Å²) in [6.45, 7) is 0. The van der Waals surface area contributed by atoms with E-state index in [4.69, 9.17) is 0 Å². The Morgan fingerprint density at radius 2 is 2.00 bits per heavy atom. The molecule has 0 atom stereocenters. The van der Waals surface area contributed by atoms with Crippen LogP contribution in [0.4, 0.5) is 4.39 Å². The van der Waals surface area contributed by atoms with E-state index in [0.717, 1.165) is 0 Å². The molecule has 0 aliphatic heterocycles. The van der Waals surface area contributed by atoms with Crippen LogP contribution in [0.25, 0.3) is 11.3 Å². The highest BCUT2D eigenvalue weighted by Gasteiger charge is 2.08. The van der Waals surface area contributed by atoms with Gasteiger partial charge in [0.2, 0.25) is 0 Å². The van der Waals surface area contributed by atoms with Gasteiger partial charge in [-0.3, -0.25) is 4.98 Å². The molecule has 1 aromatic carbocycles. The summed E-state index contributed by atoms with van der Waals surface area (Å²) in [7, 11) is 1.30. The first-order valence-corrected chi connectivity index (χ1v) is 5.01. The molecule has 0 saturated carbocycles. The predicted molar refractivity (Wildman–Crippen MR) is 61.0 cm³/mol. The molecule has 0 fully saturated rings. The van der Waals surface area contributed by atoms with E-state index in [1.54, 1.807) is 30.3 Å². The lowest BCUT2D eigenvalue weighted by molar-refractivity contribution is 0.0600. The Morgan fingerprint density at radius 1 is 1.24 bits per heavy atom. The molecule has 0 amide bonds. The Morgan fingerprint density at radius 3 is 2.59 bits per heavy atom. The summed E-state index contributed by atoms with van der Waals surface area (Å²) in [4.78, 5) is 15.2. The van der Waals surface area contributed by atoms with E-state index in [9.17, 15) is 9.18 Å². The van der Waals surface area contributed by atoms with E-state index in [2.05, 4.69) is 9.72 Å². The molecule has 0 spiro atoms. The Kier molecular flexibility index (Phi) is 3.14. The number of carbonyl (C=O) groups excluding carboxylic acids is 1. The first-order chi connectivity index (χ1) is 8.22. The lowest BCUT2D eigenvalue weighted by atomic mass is 10.1. The molecule has 4 heteroatoms. The molecule has 1 heterocycles. The van der Waals surface area contributed by atoms with Gasteiger partial charge in [-0.05, 0) is 24.3 Å². The summed E-state index contributed by atoms with van der Waals surface area (Å²) in [6.07, 6.45) is 1.37. The zero-order valence-corrected chi connectivity index (χ0v) is 9.18. The fourth-order valence-electron chi connectivity index (χ4n) is 1.46. The third kappa shape index (κ3) is 2.30. The van der Waals surface area contributed by atoms with Gasteiger partial charge in [-0.1, -0.05) is 12.1 Å². The minimum absolute atomic E-state index is 0.340. The number of halogens is 1. The van der Waals surface area contributed by atoms with E-state index in [0.29, 0.717) is 16.8 Å². The van der Waals surface area contributed by atoms with Crippen LogP contribution in [-0.4, -0.2) is 18.1 Å². The Balaban J connectivity index is 2.36. The highest BCUT2D eigenvalue weighted by atomic mass is 19.1. The van der Waals surface area contributed by atoms with Crippen LogP contribution >= 0.6 is 0 Å². The molecule has 1 aromatic heterocycles. The van der Waals surface area contributed by atoms with Crippen molar-refractivity contribution in [3.63, 3.8) is 0 Å². The van der Waals surface area contributed by atoms with Crippen molar-refractivity contribution in [2.24, 2.45) is 0 Å². The van der Waals surface area contributed by atoms with Gasteiger partial charge in [0.25, 0.3) is 0 Å². The van der Waals surface area contributed by atoms with Crippen molar-refractivity contribution in [2.75, 3.05) is 7.11 Å². The molecule has 0 aliphatic carbocycles. The molecule has 3 nitrogen and oxygen atoms in total. The Labute approximate surface area is 97.9 Å². The largest absolute Gasteiger partial charge is 0.465 e. The van der Waals surface area contributed by atoms with Crippen LogP contribution in [0, 0.1) is 5.82 Å². The van der Waals surface area contributed by atoms with Gasteiger partial charge in [0.05, 0.1) is 18.4 Å². The lowest BCUT2D eigenvalue weighted by Crippen LogP contribution is -2.01. The van der Waals surface area contributed by atoms with Gasteiger partial charge in [0.1, 0.15) is 5.82 Å². The number of ether oxygens (including phenoxy) is 1. The first-order valence-electron chi connectivity index (χ1n) is 5.01. The van der Waals surface area contributed by atoms with E-state index < -0.39 is 5.97 Å². The molecular weight excluding hydrogens is 221 g/mol. The monoisotopic (exact) mass is 231 g/mol. The van der Waals surface area contributed by atoms with Crippen molar-refractivity contribution in [2.45, 2.75) is 0 Å². The molecule has 0 saturated heterocycles. The number of rotatable bonds is 2. The summed E-state index contributed by atoms with van der Waals surface area (Å²) in [5, 5.41) is 0. The maximum atomic E-state index is 13.5. The number of hydrogen-bond acceptors (Lipinski definition) is 3. The Hall–Kier alpha value is -2.23. The van der Waals surface area contributed by atoms with Crippen molar-refractivity contribution in [3.8, 4) is 11.3 Å². The number of benzene rings is 1. The second-order valence-corrected chi connectivity index (χ2v) is 3.40. The van der Waals surface area contributed by atoms with Gasteiger partial charge in [-0.2, -0.15) is 0 Å². The summed E-state index contributed by atoms with van der Waals surface area (Å²) >= 11 is 0. The van der Waals surface area contributed by atoms with E-state index in [1.807, 2.05) is 0 Å². The molecule has 2 aromatic rings. The van der Waals surface area contributed by atoms with Gasteiger partial charge in [0, 0.05) is 11.8 Å². The van der Waals surface area contributed by atoms with Crippen LogP contribution in [0.5, 0.6) is 0 Å². The quantitative estimate of drug-likeness (QED) is 0.746. The minimum Gasteiger partial charge on any atom is -0.465 e. The zero-order valence-electron chi connectivity index (χ0n) is 9.18. The fraction of sp³-hybridized carbons (Fsp3) is 0.0769. The number of esters is 1. The molecule has 0 unspecified atom stereocenters. The summed E-state index contributed by atoms with van der Waals surface area (Å²) < 4.78 is 18.0. The zero-order chi connectivity index (χ0) is 12.3. The molecule has 17 heavy (non-hydrogen) atoms. The molecule has 0 bridgehead atoms. The normalized spacial score (nSPS) is 10.0. The molecule has 2 rings (SSSR count). The van der Waals surface area contributed by atoms with E-state index in [1.165, 1.54) is 19.4 Å². The average molecular weight is 231 g/mol. The highest BCUT2D eigenvalue weighted by Crippen LogP contribution is 2.20. The van der Waals surface area contributed by atoms with Gasteiger partial charge in [-0.25, -0.2) is 9.18 Å².